The number of fused-ring (bicyclic) bond motifs is 1. The SMILES string of the molecule is NC(Cc1ccccc1Cl)c1cccc2nccnc12. The van der Waals surface area contributed by atoms with Crippen LogP contribution in [-0.4, -0.2) is 9.97 Å². The van der Waals surface area contributed by atoms with Gasteiger partial charge in [-0.05, 0) is 29.7 Å². The first kappa shape index (κ1) is 13.0. The lowest BCUT2D eigenvalue weighted by molar-refractivity contribution is 0.726. The summed E-state index contributed by atoms with van der Waals surface area (Å²) in [5.74, 6) is 0. The quantitative estimate of drug-likeness (QED) is 0.800. The second kappa shape index (κ2) is 5.57. The van der Waals surface area contributed by atoms with Gasteiger partial charge < -0.3 is 5.73 Å². The van der Waals surface area contributed by atoms with Crippen LogP contribution in [0.15, 0.2) is 54.9 Å². The number of nitrogens with two attached hydrogens (primary N) is 1. The summed E-state index contributed by atoms with van der Waals surface area (Å²) in [5.41, 5.74) is 10.1. The average Bonchev–Trinajstić information content (AvgIpc) is 2.49. The van der Waals surface area contributed by atoms with Crippen molar-refractivity contribution >= 4 is 22.6 Å². The smallest absolute Gasteiger partial charge is 0.0934 e. The molecule has 2 aromatic carbocycles. The van der Waals surface area contributed by atoms with Crippen LogP contribution in [0.2, 0.25) is 5.02 Å². The fourth-order valence-electron chi connectivity index (χ4n) is 2.33. The van der Waals surface area contributed by atoms with Gasteiger partial charge in [-0.3, -0.25) is 9.97 Å². The zero-order valence-electron chi connectivity index (χ0n) is 10.8. The summed E-state index contributed by atoms with van der Waals surface area (Å²) < 4.78 is 0. The third kappa shape index (κ3) is 2.50. The number of para-hydroxylation sites is 1. The van der Waals surface area contributed by atoms with Crippen LogP contribution < -0.4 is 5.73 Å². The van der Waals surface area contributed by atoms with Crippen molar-refractivity contribution < 1.29 is 0 Å². The molecule has 0 spiro atoms. The highest BCUT2D eigenvalue weighted by Gasteiger charge is 2.13. The molecule has 0 aliphatic heterocycles. The molecule has 0 bridgehead atoms. The first-order valence-electron chi connectivity index (χ1n) is 6.44. The van der Waals surface area contributed by atoms with Gasteiger partial charge in [0.1, 0.15) is 0 Å². The molecule has 100 valence electrons. The number of hydrogen-bond acceptors (Lipinski definition) is 3. The van der Waals surface area contributed by atoms with Gasteiger partial charge in [-0.25, -0.2) is 0 Å². The normalized spacial score (nSPS) is 12.5. The van der Waals surface area contributed by atoms with Gasteiger partial charge in [0.05, 0.1) is 11.0 Å². The van der Waals surface area contributed by atoms with Crippen LogP contribution in [0.5, 0.6) is 0 Å². The summed E-state index contributed by atoms with van der Waals surface area (Å²) in [5, 5.41) is 0.745. The zero-order valence-corrected chi connectivity index (χ0v) is 11.6. The average molecular weight is 284 g/mol. The minimum atomic E-state index is -0.157. The van der Waals surface area contributed by atoms with Gasteiger partial charge in [-0.1, -0.05) is 41.9 Å². The van der Waals surface area contributed by atoms with Crippen LogP contribution >= 0.6 is 11.6 Å². The van der Waals surface area contributed by atoms with Gasteiger partial charge >= 0.3 is 0 Å². The van der Waals surface area contributed by atoms with E-state index in [-0.39, 0.29) is 6.04 Å². The summed E-state index contributed by atoms with van der Waals surface area (Å²) in [6.07, 6.45) is 4.05. The number of aromatic nitrogens is 2. The zero-order chi connectivity index (χ0) is 13.9. The van der Waals surface area contributed by atoms with E-state index in [4.69, 9.17) is 17.3 Å². The third-order valence-corrected chi connectivity index (χ3v) is 3.70. The molecule has 0 amide bonds. The van der Waals surface area contributed by atoms with Crippen molar-refractivity contribution in [2.45, 2.75) is 12.5 Å². The molecule has 0 aliphatic carbocycles. The largest absolute Gasteiger partial charge is 0.324 e. The second-order valence-electron chi connectivity index (χ2n) is 4.67. The predicted octanol–water partition coefficient (Wildman–Crippen LogP) is 3.53. The van der Waals surface area contributed by atoms with E-state index in [0.717, 1.165) is 27.2 Å². The fraction of sp³-hybridized carbons (Fsp3) is 0.125. The van der Waals surface area contributed by atoms with Crippen LogP contribution in [0, 0.1) is 0 Å². The Kier molecular flexibility index (Phi) is 3.63. The molecule has 2 N–H and O–H groups in total. The van der Waals surface area contributed by atoms with Crippen LogP contribution in [0.1, 0.15) is 17.2 Å². The number of hydrogen-bond donors (Lipinski definition) is 1. The molecule has 1 atom stereocenters. The first-order chi connectivity index (χ1) is 9.75. The fourth-order valence-corrected chi connectivity index (χ4v) is 2.54. The number of nitrogens with zero attached hydrogens (tertiary/aromatic N) is 2. The van der Waals surface area contributed by atoms with E-state index in [2.05, 4.69) is 9.97 Å². The van der Waals surface area contributed by atoms with Gasteiger partial charge in [0.2, 0.25) is 0 Å². The minimum absolute atomic E-state index is 0.157. The van der Waals surface area contributed by atoms with Crippen LogP contribution in [-0.2, 0) is 6.42 Å². The summed E-state index contributed by atoms with van der Waals surface area (Å²) in [7, 11) is 0. The molecule has 20 heavy (non-hydrogen) atoms. The van der Waals surface area contributed by atoms with E-state index >= 15 is 0 Å². The van der Waals surface area contributed by atoms with Gasteiger partial charge in [-0.15, -0.1) is 0 Å². The number of benzene rings is 2. The van der Waals surface area contributed by atoms with Crippen molar-refractivity contribution in [1.29, 1.82) is 0 Å². The Balaban J connectivity index is 1.97. The van der Waals surface area contributed by atoms with E-state index in [1.165, 1.54) is 0 Å². The van der Waals surface area contributed by atoms with Crippen molar-refractivity contribution in [3.8, 4) is 0 Å². The molecule has 3 nitrogen and oxygen atoms in total. The van der Waals surface area contributed by atoms with Crippen LogP contribution in [0.3, 0.4) is 0 Å². The van der Waals surface area contributed by atoms with Gasteiger partial charge in [0, 0.05) is 23.5 Å². The molecule has 3 rings (SSSR count). The van der Waals surface area contributed by atoms with E-state index in [1.54, 1.807) is 12.4 Å². The highest BCUT2D eigenvalue weighted by Crippen LogP contribution is 2.25. The lowest BCUT2D eigenvalue weighted by Gasteiger charge is -2.14. The summed E-state index contributed by atoms with van der Waals surface area (Å²) >= 11 is 6.19. The summed E-state index contributed by atoms with van der Waals surface area (Å²) in [4.78, 5) is 8.70. The van der Waals surface area contributed by atoms with E-state index in [0.29, 0.717) is 6.42 Å². The third-order valence-electron chi connectivity index (χ3n) is 3.33. The lowest BCUT2D eigenvalue weighted by atomic mass is 9.98. The first-order valence-corrected chi connectivity index (χ1v) is 6.82. The van der Waals surface area contributed by atoms with E-state index in [1.807, 2.05) is 42.5 Å². The highest BCUT2D eigenvalue weighted by atomic mass is 35.5. The Bertz CT molecular complexity index is 737. The maximum atomic E-state index is 6.34. The van der Waals surface area contributed by atoms with Gasteiger partial charge in [0.25, 0.3) is 0 Å². The Morgan fingerprint density at radius 2 is 1.80 bits per heavy atom. The molecule has 0 radical (unpaired) electrons. The van der Waals surface area contributed by atoms with Crippen molar-refractivity contribution in [2.24, 2.45) is 5.73 Å². The van der Waals surface area contributed by atoms with E-state index < -0.39 is 0 Å². The molecule has 4 heteroatoms. The van der Waals surface area contributed by atoms with Crippen LogP contribution in [0.25, 0.3) is 11.0 Å². The van der Waals surface area contributed by atoms with Gasteiger partial charge in [-0.2, -0.15) is 0 Å². The molecule has 0 fully saturated rings. The second-order valence-corrected chi connectivity index (χ2v) is 5.08. The Hall–Kier alpha value is -1.97. The number of rotatable bonds is 3. The topological polar surface area (TPSA) is 51.8 Å². The molecule has 1 unspecified atom stereocenters. The summed E-state index contributed by atoms with van der Waals surface area (Å²) in [6, 6.07) is 13.5. The van der Waals surface area contributed by atoms with Crippen molar-refractivity contribution in [3.05, 3.63) is 71.0 Å². The van der Waals surface area contributed by atoms with Crippen molar-refractivity contribution in [1.82, 2.24) is 9.97 Å². The molecular formula is C16H14ClN3. The summed E-state index contributed by atoms with van der Waals surface area (Å²) in [6.45, 7) is 0. The predicted molar refractivity (Wildman–Crippen MR) is 81.6 cm³/mol. The maximum absolute atomic E-state index is 6.34. The highest BCUT2D eigenvalue weighted by molar-refractivity contribution is 6.31. The molecule has 0 saturated heterocycles. The van der Waals surface area contributed by atoms with Crippen molar-refractivity contribution in [2.75, 3.05) is 0 Å². The number of halogens is 1. The van der Waals surface area contributed by atoms with Crippen LogP contribution in [0.4, 0.5) is 0 Å². The Morgan fingerprint density at radius 3 is 2.65 bits per heavy atom. The standard InChI is InChI=1S/C16H14ClN3/c17-13-6-2-1-4-11(13)10-14(18)12-5-3-7-15-16(12)20-9-8-19-15/h1-9,14H,10,18H2. The van der Waals surface area contributed by atoms with E-state index in [9.17, 15) is 0 Å². The maximum Gasteiger partial charge on any atom is 0.0934 e. The van der Waals surface area contributed by atoms with Gasteiger partial charge in [0.15, 0.2) is 0 Å². The Morgan fingerprint density at radius 1 is 1.00 bits per heavy atom. The molecule has 1 aromatic heterocycles. The van der Waals surface area contributed by atoms with Crippen molar-refractivity contribution in [3.63, 3.8) is 0 Å². The molecule has 0 saturated carbocycles. The Labute approximate surface area is 122 Å². The molecule has 1 heterocycles. The lowest BCUT2D eigenvalue weighted by Crippen LogP contribution is -2.14. The molecule has 3 aromatic rings. The molecule has 0 aliphatic rings. The molecular weight excluding hydrogens is 270 g/mol. The monoisotopic (exact) mass is 283 g/mol. The minimum Gasteiger partial charge on any atom is -0.324 e.